The average molecular weight is 393 g/mol. The van der Waals surface area contributed by atoms with Crippen molar-refractivity contribution >= 4 is 10.8 Å². The van der Waals surface area contributed by atoms with Crippen molar-refractivity contribution in [3.05, 3.63) is 70.1 Å². The summed E-state index contributed by atoms with van der Waals surface area (Å²) in [6.45, 7) is 3.89. The summed E-state index contributed by atoms with van der Waals surface area (Å²) in [5, 5.41) is 1.53. The van der Waals surface area contributed by atoms with E-state index in [1.54, 1.807) is 10.6 Å². The zero-order chi connectivity index (χ0) is 19.8. The van der Waals surface area contributed by atoms with Crippen molar-refractivity contribution in [2.45, 2.75) is 32.1 Å². The molecule has 3 aromatic rings. The van der Waals surface area contributed by atoms with E-state index in [-0.39, 0.29) is 12.4 Å². The molecule has 29 heavy (non-hydrogen) atoms. The Balaban J connectivity index is 1.58. The van der Waals surface area contributed by atoms with Crippen molar-refractivity contribution in [1.29, 1.82) is 0 Å². The summed E-state index contributed by atoms with van der Waals surface area (Å²) in [6, 6.07) is 13.7. The van der Waals surface area contributed by atoms with Crippen LogP contribution in [-0.2, 0) is 22.4 Å². The fourth-order valence-corrected chi connectivity index (χ4v) is 4.02. The second kappa shape index (κ2) is 7.21. The topological polar surface area (TPSA) is 58.9 Å². The van der Waals surface area contributed by atoms with Gasteiger partial charge in [-0.2, -0.15) is 0 Å². The fraction of sp³-hybridized carbons (Fsp3) is 0.348. The van der Waals surface area contributed by atoms with Crippen LogP contribution in [0.2, 0.25) is 0 Å². The second-order valence-corrected chi connectivity index (χ2v) is 7.65. The molecule has 2 aliphatic heterocycles. The average Bonchev–Trinajstić information content (AvgIpc) is 3.37. The lowest BCUT2D eigenvalue weighted by Crippen LogP contribution is -2.27. The predicted molar refractivity (Wildman–Crippen MR) is 109 cm³/mol. The molecular weight excluding hydrogens is 370 g/mol. The molecule has 0 spiro atoms. The van der Waals surface area contributed by atoms with E-state index >= 15 is 0 Å². The van der Waals surface area contributed by atoms with Crippen molar-refractivity contribution in [3.8, 4) is 11.5 Å². The van der Waals surface area contributed by atoms with Gasteiger partial charge < -0.3 is 23.5 Å². The van der Waals surface area contributed by atoms with Gasteiger partial charge in [0.15, 0.2) is 17.3 Å². The van der Waals surface area contributed by atoms with E-state index in [4.69, 9.17) is 18.9 Å². The maximum absolute atomic E-state index is 13.2. The number of rotatable bonds is 5. The molecule has 2 aliphatic rings. The maximum atomic E-state index is 13.2. The molecular formula is C23H23NO5. The summed E-state index contributed by atoms with van der Waals surface area (Å²) in [5.41, 5.74) is 2.11. The monoisotopic (exact) mass is 393 g/mol. The van der Waals surface area contributed by atoms with Crippen LogP contribution >= 0.6 is 0 Å². The summed E-state index contributed by atoms with van der Waals surface area (Å²) in [7, 11) is 0. The Kier molecular flexibility index (Phi) is 4.53. The highest BCUT2D eigenvalue weighted by Crippen LogP contribution is 2.37. The van der Waals surface area contributed by atoms with Crippen LogP contribution in [0.15, 0.2) is 53.5 Å². The molecule has 0 atom stereocenters. The highest BCUT2D eigenvalue weighted by Gasteiger charge is 2.31. The van der Waals surface area contributed by atoms with Crippen LogP contribution in [0.3, 0.4) is 0 Å². The van der Waals surface area contributed by atoms with Crippen LogP contribution in [0.1, 0.15) is 24.5 Å². The van der Waals surface area contributed by atoms with Crippen LogP contribution in [0.5, 0.6) is 11.5 Å². The van der Waals surface area contributed by atoms with Gasteiger partial charge in [0.05, 0.1) is 25.1 Å². The van der Waals surface area contributed by atoms with Crippen LogP contribution in [0, 0.1) is 0 Å². The van der Waals surface area contributed by atoms with Crippen molar-refractivity contribution < 1.29 is 18.9 Å². The number of pyridine rings is 1. The van der Waals surface area contributed by atoms with Gasteiger partial charge in [-0.1, -0.05) is 30.3 Å². The molecule has 0 N–H and O–H groups in total. The molecule has 3 heterocycles. The minimum Gasteiger partial charge on any atom is -0.454 e. The molecule has 0 aliphatic carbocycles. The second-order valence-electron chi connectivity index (χ2n) is 7.65. The Morgan fingerprint density at radius 2 is 1.69 bits per heavy atom. The van der Waals surface area contributed by atoms with Crippen LogP contribution in [0.25, 0.3) is 10.8 Å². The SMILES string of the molecule is CC1(CCc2cn(Cc3ccccc3)c(=O)c3cc4c(cc23)OCO4)OCCO1. The molecule has 5 rings (SSSR count). The van der Waals surface area contributed by atoms with Crippen LogP contribution in [0.4, 0.5) is 0 Å². The molecule has 150 valence electrons. The maximum Gasteiger partial charge on any atom is 0.258 e. The lowest BCUT2D eigenvalue weighted by atomic mass is 10.00. The number of benzene rings is 2. The number of aromatic nitrogens is 1. The summed E-state index contributed by atoms with van der Waals surface area (Å²) in [5.74, 6) is 0.717. The van der Waals surface area contributed by atoms with Crippen molar-refractivity contribution in [3.63, 3.8) is 0 Å². The van der Waals surface area contributed by atoms with Gasteiger partial charge in [-0.3, -0.25) is 4.79 Å². The number of aryl methyl sites for hydroxylation is 1. The van der Waals surface area contributed by atoms with Gasteiger partial charge in [-0.15, -0.1) is 0 Å². The van der Waals surface area contributed by atoms with E-state index in [1.807, 2.05) is 49.5 Å². The van der Waals surface area contributed by atoms with Crippen LogP contribution < -0.4 is 15.0 Å². The Morgan fingerprint density at radius 1 is 1.00 bits per heavy atom. The van der Waals surface area contributed by atoms with E-state index in [9.17, 15) is 4.79 Å². The first-order valence-electron chi connectivity index (χ1n) is 9.89. The van der Waals surface area contributed by atoms with Gasteiger partial charge in [0.1, 0.15) is 0 Å². The summed E-state index contributed by atoms with van der Waals surface area (Å²) in [4.78, 5) is 13.2. The van der Waals surface area contributed by atoms with E-state index in [0.29, 0.717) is 43.1 Å². The van der Waals surface area contributed by atoms with Gasteiger partial charge in [0.25, 0.3) is 5.56 Å². The molecule has 2 aromatic carbocycles. The van der Waals surface area contributed by atoms with Gasteiger partial charge >= 0.3 is 0 Å². The van der Waals surface area contributed by atoms with Gasteiger partial charge in [-0.05, 0) is 42.0 Å². The first kappa shape index (κ1) is 18.2. The molecule has 1 fully saturated rings. The molecule has 6 nitrogen and oxygen atoms in total. The molecule has 0 unspecified atom stereocenters. The van der Waals surface area contributed by atoms with E-state index in [1.165, 1.54) is 0 Å². The lowest BCUT2D eigenvalue weighted by molar-refractivity contribution is -0.146. The van der Waals surface area contributed by atoms with Crippen molar-refractivity contribution in [1.82, 2.24) is 4.57 Å². The summed E-state index contributed by atoms with van der Waals surface area (Å²) < 4.78 is 24.3. The minimum absolute atomic E-state index is 0.0366. The third-order valence-corrected chi connectivity index (χ3v) is 5.60. The fourth-order valence-electron chi connectivity index (χ4n) is 4.02. The van der Waals surface area contributed by atoms with Crippen LogP contribution in [-0.4, -0.2) is 30.4 Å². The Hall–Kier alpha value is -2.83. The molecule has 0 radical (unpaired) electrons. The zero-order valence-electron chi connectivity index (χ0n) is 16.3. The summed E-state index contributed by atoms with van der Waals surface area (Å²) >= 11 is 0. The highest BCUT2D eigenvalue weighted by molar-refractivity contribution is 5.88. The number of fused-ring (bicyclic) bond motifs is 2. The number of ether oxygens (including phenoxy) is 4. The standard InChI is InChI=1S/C23H23NO5/c1-23(28-9-10-29-23)8-7-17-14-24(13-16-5-3-2-4-6-16)22(25)19-12-21-20(11-18(17)19)26-15-27-21/h2-6,11-12,14H,7-10,13,15H2,1H3. The smallest absolute Gasteiger partial charge is 0.258 e. The quantitative estimate of drug-likeness (QED) is 0.664. The predicted octanol–water partition coefficient (Wildman–Crippen LogP) is 3.47. The lowest BCUT2D eigenvalue weighted by Gasteiger charge is -2.22. The highest BCUT2D eigenvalue weighted by atomic mass is 16.7. The van der Waals surface area contributed by atoms with Gasteiger partial charge in [0.2, 0.25) is 6.79 Å². The number of hydrogen-bond donors (Lipinski definition) is 0. The molecule has 0 bridgehead atoms. The van der Waals surface area contributed by atoms with Crippen molar-refractivity contribution in [2.75, 3.05) is 20.0 Å². The third kappa shape index (κ3) is 3.50. The number of nitrogens with zero attached hydrogens (tertiary/aromatic N) is 1. The Bertz CT molecular complexity index is 1100. The molecule has 0 amide bonds. The van der Waals surface area contributed by atoms with E-state index in [2.05, 4.69) is 0 Å². The van der Waals surface area contributed by atoms with E-state index in [0.717, 1.165) is 22.9 Å². The number of hydrogen-bond acceptors (Lipinski definition) is 5. The molecule has 1 saturated heterocycles. The third-order valence-electron chi connectivity index (χ3n) is 5.60. The first-order chi connectivity index (χ1) is 14.1. The molecule has 6 heteroatoms. The van der Waals surface area contributed by atoms with Crippen molar-refractivity contribution in [2.24, 2.45) is 0 Å². The first-order valence-corrected chi connectivity index (χ1v) is 9.89. The summed E-state index contributed by atoms with van der Waals surface area (Å²) in [6.07, 6.45) is 3.39. The van der Waals surface area contributed by atoms with Gasteiger partial charge in [0, 0.05) is 12.6 Å². The minimum atomic E-state index is -0.580. The normalized spacial score (nSPS) is 17.1. The Labute approximate surface area is 168 Å². The van der Waals surface area contributed by atoms with E-state index < -0.39 is 5.79 Å². The zero-order valence-corrected chi connectivity index (χ0v) is 16.3. The molecule has 1 aromatic heterocycles. The molecule has 0 saturated carbocycles. The van der Waals surface area contributed by atoms with Gasteiger partial charge in [-0.25, -0.2) is 0 Å². The Morgan fingerprint density at radius 3 is 2.41 bits per heavy atom. The largest absolute Gasteiger partial charge is 0.454 e.